The molecule has 1 aliphatic heterocycles. The highest BCUT2D eigenvalue weighted by Crippen LogP contribution is 2.37. The standard InChI is InChI=1S/C22H24ClN5O3.C2HF3O2/c1-27-8-10-31-20-11-14(3-5-18(20)27)22(29)26-15-4-6-19(30-9-7-24)16(12-15)21-17(23)13-25-28(21)2;3-2(4,5)1(6)7/h3-6,11-13H,7-10,24H2,1-2H3,(H,26,29);(H,6,7). The maximum atomic E-state index is 12.9. The van der Waals surface area contributed by atoms with E-state index in [4.69, 9.17) is 36.7 Å². The van der Waals surface area contributed by atoms with Crippen molar-refractivity contribution in [1.29, 1.82) is 0 Å². The molecule has 0 atom stereocenters. The number of carbonyl (C=O) groups excluding carboxylic acids is 1. The van der Waals surface area contributed by atoms with E-state index in [0.29, 0.717) is 58.8 Å². The molecular weight excluding hydrogens is 531 g/mol. The number of carbonyl (C=O) groups is 2. The normalized spacial score (nSPS) is 12.6. The number of likely N-dealkylation sites (N-methyl/N-ethyl adjacent to an activating group) is 1. The quantitative estimate of drug-likeness (QED) is 0.418. The molecule has 0 saturated carbocycles. The molecule has 1 aromatic heterocycles. The van der Waals surface area contributed by atoms with Crippen LogP contribution in [0.3, 0.4) is 0 Å². The van der Waals surface area contributed by atoms with Crippen LogP contribution in [0.15, 0.2) is 42.6 Å². The summed E-state index contributed by atoms with van der Waals surface area (Å²) in [6.45, 7) is 2.15. The second-order valence-corrected chi connectivity index (χ2v) is 8.43. The van der Waals surface area contributed by atoms with Gasteiger partial charge in [0.05, 0.1) is 29.1 Å². The SMILES string of the molecule is CN1CCOc2cc(C(=O)Nc3ccc(OCCN)c(-c4c(Cl)cnn4C)c3)ccc21.O=C(O)C(F)(F)F. The van der Waals surface area contributed by atoms with Crippen molar-refractivity contribution in [2.24, 2.45) is 12.8 Å². The van der Waals surface area contributed by atoms with Crippen LogP contribution in [-0.4, -0.2) is 66.3 Å². The zero-order chi connectivity index (χ0) is 28.0. The number of amides is 1. The predicted octanol–water partition coefficient (Wildman–Crippen LogP) is 3.79. The molecule has 0 unspecified atom stereocenters. The lowest BCUT2D eigenvalue weighted by Gasteiger charge is -2.27. The van der Waals surface area contributed by atoms with Crippen LogP contribution in [0, 0.1) is 0 Å². The number of ether oxygens (including phenoxy) is 2. The molecule has 1 aliphatic rings. The third-order valence-electron chi connectivity index (χ3n) is 5.32. The van der Waals surface area contributed by atoms with Gasteiger partial charge in [0.25, 0.3) is 5.91 Å². The van der Waals surface area contributed by atoms with E-state index in [1.807, 2.05) is 19.2 Å². The van der Waals surface area contributed by atoms with Gasteiger partial charge in [-0.1, -0.05) is 11.6 Å². The number of benzene rings is 2. The molecule has 4 N–H and O–H groups in total. The predicted molar refractivity (Wildman–Crippen MR) is 135 cm³/mol. The first kappa shape index (κ1) is 28.6. The Morgan fingerprint density at radius 1 is 1.24 bits per heavy atom. The van der Waals surface area contributed by atoms with Gasteiger partial charge < -0.3 is 30.5 Å². The van der Waals surface area contributed by atoms with Gasteiger partial charge in [0.15, 0.2) is 0 Å². The topological polar surface area (TPSA) is 132 Å². The van der Waals surface area contributed by atoms with Gasteiger partial charge in [-0.15, -0.1) is 0 Å². The molecule has 0 bridgehead atoms. The van der Waals surface area contributed by atoms with Crippen LogP contribution in [0.2, 0.25) is 5.02 Å². The largest absolute Gasteiger partial charge is 0.492 e. The van der Waals surface area contributed by atoms with Crippen molar-refractivity contribution in [3.63, 3.8) is 0 Å². The van der Waals surface area contributed by atoms with Crippen molar-refractivity contribution in [3.8, 4) is 22.8 Å². The van der Waals surface area contributed by atoms with Crippen LogP contribution in [0.4, 0.5) is 24.5 Å². The molecule has 4 rings (SSSR count). The van der Waals surface area contributed by atoms with E-state index in [2.05, 4.69) is 15.3 Å². The minimum atomic E-state index is -5.08. The summed E-state index contributed by atoms with van der Waals surface area (Å²) in [6, 6.07) is 10.8. The molecule has 38 heavy (non-hydrogen) atoms. The number of fused-ring (bicyclic) bond motifs is 1. The number of hydrogen-bond donors (Lipinski definition) is 3. The fourth-order valence-electron chi connectivity index (χ4n) is 3.50. The molecule has 0 fully saturated rings. The molecule has 3 aromatic rings. The molecule has 204 valence electrons. The van der Waals surface area contributed by atoms with Crippen molar-refractivity contribution in [2.45, 2.75) is 6.18 Å². The number of aliphatic carboxylic acids is 1. The Balaban J connectivity index is 0.000000505. The number of carboxylic acid groups (broad SMARTS) is 1. The van der Waals surface area contributed by atoms with Gasteiger partial charge >= 0.3 is 12.1 Å². The maximum Gasteiger partial charge on any atom is 0.490 e. The first-order valence-electron chi connectivity index (χ1n) is 11.2. The molecule has 0 aliphatic carbocycles. The Morgan fingerprint density at radius 3 is 2.55 bits per heavy atom. The third kappa shape index (κ3) is 6.86. The fraction of sp³-hybridized carbons (Fsp3) is 0.292. The van der Waals surface area contributed by atoms with E-state index in [0.717, 1.165) is 12.2 Å². The Labute approximate surface area is 220 Å². The highest BCUT2D eigenvalue weighted by atomic mass is 35.5. The van der Waals surface area contributed by atoms with Crippen LogP contribution < -0.4 is 25.4 Å². The first-order chi connectivity index (χ1) is 17.9. The lowest BCUT2D eigenvalue weighted by Crippen LogP contribution is -2.29. The number of halogens is 4. The van der Waals surface area contributed by atoms with Gasteiger partial charge in [-0.05, 0) is 36.4 Å². The summed E-state index contributed by atoms with van der Waals surface area (Å²) in [7, 11) is 3.80. The lowest BCUT2D eigenvalue weighted by atomic mass is 10.1. The number of nitrogens with one attached hydrogen (secondary N) is 1. The van der Waals surface area contributed by atoms with E-state index in [1.165, 1.54) is 0 Å². The zero-order valence-electron chi connectivity index (χ0n) is 20.4. The first-order valence-corrected chi connectivity index (χ1v) is 11.5. The van der Waals surface area contributed by atoms with E-state index < -0.39 is 12.1 Å². The highest BCUT2D eigenvalue weighted by Gasteiger charge is 2.38. The summed E-state index contributed by atoms with van der Waals surface area (Å²) >= 11 is 6.35. The van der Waals surface area contributed by atoms with Crippen LogP contribution in [0.25, 0.3) is 11.3 Å². The van der Waals surface area contributed by atoms with Crippen molar-refractivity contribution in [3.05, 3.63) is 53.2 Å². The van der Waals surface area contributed by atoms with Gasteiger partial charge in [-0.3, -0.25) is 9.48 Å². The van der Waals surface area contributed by atoms with E-state index in [1.54, 1.807) is 42.2 Å². The molecule has 0 spiro atoms. The van der Waals surface area contributed by atoms with Crippen LogP contribution in [-0.2, 0) is 11.8 Å². The molecule has 2 heterocycles. The fourth-order valence-corrected chi connectivity index (χ4v) is 3.77. The summed E-state index contributed by atoms with van der Waals surface area (Å²) in [5.41, 5.74) is 9.07. The van der Waals surface area contributed by atoms with Gasteiger partial charge in [-0.2, -0.15) is 18.3 Å². The summed E-state index contributed by atoms with van der Waals surface area (Å²) in [6.07, 6.45) is -3.51. The molecular formula is C24H25ClF3N5O5. The van der Waals surface area contributed by atoms with Crippen LogP contribution in [0.5, 0.6) is 11.5 Å². The van der Waals surface area contributed by atoms with Gasteiger partial charge in [0, 0.05) is 37.5 Å². The minimum Gasteiger partial charge on any atom is -0.492 e. The van der Waals surface area contributed by atoms with E-state index in [9.17, 15) is 18.0 Å². The molecule has 10 nitrogen and oxygen atoms in total. The molecule has 1 amide bonds. The Kier molecular flexibility index (Phi) is 9.07. The second kappa shape index (κ2) is 12.0. The molecule has 0 saturated heterocycles. The van der Waals surface area contributed by atoms with Crippen molar-refractivity contribution in [2.75, 3.05) is 43.6 Å². The van der Waals surface area contributed by atoms with E-state index >= 15 is 0 Å². The molecule has 14 heteroatoms. The van der Waals surface area contributed by atoms with Crippen molar-refractivity contribution >= 4 is 34.9 Å². The van der Waals surface area contributed by atoms with Crippen LogP contribution in [0.1, 0.15) is 10.4 Å². The number of aryl methyl sites for hydroxylation is 1. The smallest absolute Gasteiger partial charge is 0.490 e. The highest BCUT2D eigenvalue weighted by molar-refractivity contribution is 6.33. The van der Waals surface area contributed by atoms with E-state index in [-0.39, 0.29) is 5.91 Å². The molecule has 2 aromatic carbocycles. The number of rotatable bonds is 6. The maximum absolute atomic E-state index is 12.9. The van der Waals surface area contributed by atoms with Crippen molar-refractivity contribution in [1.82, 2.24) is 9.78 Å². The number of anilines is 2. The van der Waals surface area contributed by atoms with Crippen LogP contribution >= 0.6 is 11.6 Å². The number of aromatic nitrogens is 2. The monoisotopic (exact) mass is 555 g/mol. The summed E-state index contributed by atoms with van der Waals surface area (Å²) in [4.78, 5) is 23.9. The zero-order valence-corrected chi connectivity index (χ0v) is 21.1. The number of alkyl halides is 3. The lowest BCUT2D eigenvalue weighted by molar-refractivity contribution is -0.192. The Hall–Kier alpha value is -3.97. The number of nitrogens with zero attached hydrogens (tertiary/aromatic N) is 3. The van der Waals surface area contributed by atoms with Gasteiger partial charge in [0.2, 0.25) is 0 Å². The number of nitrogens with two attached hydrogens (primary N) is 1. The minimum absolute atomic E-state index is 0.239. The Morgan fingerprint density at radius 2 is 1.95 bits per heavy atom. The van der Waals surface area contributed by atoms with Gasteiger partial charge in [0.1, 0.15) is 24.7 Å². The average molecular weight is 556 g/mol. The second-order valence-electron chi connectivity index (χ2n) is 8.02. The number of carboxylic acids is 1. The molecule has 0 radical (unpaired) electrons. The van der Waals surface area contributed by atoms with Gasteiger partial charge in [-0.25, -0.2) is 4.79 Å². The average Bonchev–Trinajstić information content (AvgIpc) is 3.20. The number of hydrogen-bond acceptors (Lipinski definition) is 7. The third-order valence-corrected chi connectivity index (χ3v) is 5.60. The summed E-state index contributed by atoms with van der Waals surface area (Å²) in [5, 5.41) is 14.7. The van der Waals surface area contributed by atoms with Crippen molar-refractivity contribution < 1.29 is 37.3 Å². The summed E-state index contributed by atoms with van der Waals surface area (Å²) < 4.78 is 44.9. The Bertz CT molecular complexity index is 1300. The summed E-state index contributed by atoms with van der Waals surface area (Å²) in [5.74, 6) is -1.68.